The van der Waals surface area contributed by atoms with Crippen LogP contribution in [0.2, 0.25) is 0 Å². The Bertz CT molecular complexity index is 921. The minimum absolute atomic E-state index is 0.579. The van der Waals surface area contributed by atoms with E-state index in [2.05, 4.69) is 45.6 Å². The third-order valence-corrected chi connectivity index (χ3v) is 4.32. The molecule has 6 bridgehead atoms. The summed E-state index contributed by atoms with van der Waals surface area (Å²) in [6.07, 6.45) is 9.26. The normalized spacial score (nSPS) is 15.2. The lowest BCUT2D eigenvalue weighted by atomic mass is 10.1. The monoisotopic (exact) mass is 343 g/mol. The van der Waals surface area contributed by atoms with Gasteiger partial charge in [0.25, 0.3) is 0 Å². The molecule has 1 aliphatic heterocycles. The van der Waals surface area contributed by atoms with Crippen molar-refractivity contribution < 1.29 is 4.74 Å². The third kappa shape index (κ3) is 4.09. The van der Waals surface area contributed by atoms with Crippen LogP contribution in [0.1, 0.15) is 18.4 Å². The summed E-state index contributed by atoms with van der Waals surface area (Å²) < 4.78 is 5.84. The van der Waals surface area contributed by atoms with Gasteiger partial charge in [-0.1, -0.05) is 36.4 Å². The molecule has 0 radical (unpaired) electrons. The van der Waals surface area contributed by atoms with Crippen molar-refractivity contribution in [3.05, 3.63) is 78.5 Å². The molecule has 1 aliphatic rings. The topological polar surface area (TPSA) is 47.0 Å². The first kappa shape index (κ1) is 16.3. The van der Waals surface area contributed by atoms with E-state index < -0.39 is 0 Å². The predicted molar refractivity (Wildman–Crippen MR) is 105 cm³/mol. The highest BCUT2D eigenvalue weighted by atomic mass is 16.5. The summed E-state index contributed by atoms with van der Waals surface area (Å²) in [6.45, 7) is 0.579. The largest absolute Gasteiger partial charge is 0.490 e. The SMILES string of the molecule is C1=C\COc2cccc(c2)-c2ccnc(n2)Nc2cccc(c2)CCC/1. The summed E-state index contributed by atoms with van der Waals surface area (Å²) in [6, 6.07) is 18.4. The Kier molecular flexibility index (Phi) is 4.92. The number of ether oxygens (including phenoxy) is 1. The number of aromatic nitrogens is 2. The Morgan fingerprint density at radius 3 is 2.92 bits per heavy atom. The molecule has 4 rings (SSSR count). The summed E-state index contributed by atoms with van der Waals surface area (Å²) in [5.74, 6) is 1.44. The minimum atomic E-state index is 0.579. The number of anilines is 2. The highest BCUT2D eigenvalue weighted by Crippen LogP contribution is 2.24. The molecule has 0 spiro atoms. The second-order valence-corrected chi connectivity index (χ2v) is 6.29. The van der Waals surface area contributed by atoms with E-state index in [1.807, 2.05) is 36.4 Å². The number of nitrogens with zero attached hydrogens (tertiary/aromatic N) is 2. The van der Waals surface area contributed by atoms with Gasteiger partial charge in [-0.25, -0.2) is 9.97 Å². The van der Waals surface area contributed by atoms with Crippen molar-refractivity contribution in [3.8, 4) is 17.0 Å². The van der Waals surface area contributed by atoms with Crippen LogP contribution in [0.25, 0.3) is 11.3 Å². The maximum Gasteiger partial charge on any atom is 0.227 e. The average Bonchev–Trinajstić information content (AvgIpc) is 2.67. The number of benzene rings is 2. The molecule has 2 heterocycles. The van der Waals surface area contributed by atoms with Gasteiger partial charge in [0.05, 0.1) is 5.69 Å². The van der Waals surface area contributed by atoms with E-state index in [-0.39, 0.29) is 0 Å². The Labute approximate surface area is 153 Å². The van der Waals surface area contributed by atoms with E-state index in [1.165, 1.54) is 5.56 Å². The van der Waals surface area contributed by atoms with Crippen molar-refractivity contribution in [2.75, 3.05) is 11.9 Å². The molecular weight excluding hydrogens is 322 g/mol. The van der Waals surface area contributed by atoms with Gasteiger partial charge in [-0.05, 0) is 55.2 Å². The van der Waals surface area contributed by atoms with Crippen molar-refractivity contribution in [2.24, 2.45) is 0 Å². The van der Waals surface area contributed by atoms with Crippen LogP contribution in [-0.2, 0) is 6.42 Å². The number of fused-ring (bicyclic) bond motifs is 7. The Balaban J connectivity index is 1.70. The average molecular weight is 343 g/mol. The van der Waals surface area contributed by atoms with Crippen LogP contribution in [0.4, 0.5) is 11.6 Å². The van der Waals surface area contributed by atoms with Crippen molar-refractivity contribution in [1.82, 2.24) is 9.97 Å². The third-order valence-electron chi connectivity index (χ3n) is 4.32. The molecule has 0 aliphatic carbocycles. The van der Waals surface area contributed by atoms with Crippen LogP contribution in [0.5, 0.6) is 5.75 Å². The predicted octanol–water partition coefficient (Wildman–Crippen LogP) is 5.16. The fourth-order valence-corrected chi connectivity index (χ4v) is 3.01. The summed E-state index contributed by atoms with van der Waals surface area (Å²) in [4.78, 5) is 9.01. The maximum absolute atomic E-state index is 5.84. The lowest BCUT2D eigenvalue weighted by Crippen LogP contribution is -1.99. The van der Waals surface area contributed by atoms with E-state index in [0.717, 1.165) is 42.0 Å². The van der Waals surface area contributed by atoms with E-state index in [4.69, 9.17) is 4.74 Å². The van der Waals surface area contributed by atoms with Crippen LogP contribution in [0.3, 0.4) is 0 Å². The van der Waals surface area contributed by atoms with Crippen LogP contribution in [0, 0.1) is 0 Å². The number of aryl methyl sites for hydroxylation is 1. The zero-order valence-corrected chi connectivity index (χ0v) is 14.6. The first-order valence-electron chi connectivity index (χ1n) is 8.94. The van der Waals surface area contributed by atoms with Gasteiger partial charge in [-0.3, -0.25) is 0 Å². The quantitative estimate of drug-likeness (QED) is 0.573. The summed E-state index contributed by atoms with van der Waals surface area (Å²) in [5.41, 5.74) is 4.20. The molecule has 0 fully saturated rings. The van der Waals surface area contributed by atoms with Crippen molar-refractivity contribution in [1.29, 1.82) is 0 Å². The number of hydrogen-bond acceptors (Lipinski definition) is 4. The van der Waals surface area contributed by atoms with E-state index in [1.54, 1.807) is 6.20 Å². The summed E-state index contributed by atoms with van der Waals surface area (Å²) in [5, 5.41) is 3.32. The summed E-state index contributed by atoms with van der Waals surface area (Å²) >= 11 is 0. The van der Waals surface area contributed by atoms with Crippen molar-refractivity contribution in [2.45, 2.75) is 19.3 Å². The van der Waals surface area contributed by atoms with Gasteiger partial charge in [0.1, 0.15) is 12.4 Å². The number of hydrogen-bond donors (Lipinski definition) is 1. The van der Waals surface area contributed by atoms with E-state index >= 15 is 0 Å². The molecule has 0 saturated carbocycles. The second-order valence-electron chi connectivity index (χ2n) is 6.29. The van der Waals surface area contributed by atoms with Gasteiger partial charge in [0.15, 0.2) is 0 Å². The molecule has 0 atom stereocenters. The maximum atomic E-state index is 5.84. The molecule has 2 aromatic carbocycles. The lowest BCUT2D eigenvalue weighted by Gasteiger charge is -2.09. The first-order chi connectivity index (χ1) is 12.9. The van der Waals surface area contributed by atoms with Gasteiger partial charge in [-0.2, -0.15) is 0 Å². The standard InChI is InChI=1S/C22H21N3O/c1-2-4-14-26-20-11-6-9-18(16-20)21-12-13-23-22(25-21)24-19-10-5-8-17(15-19)7-3-1/h2,4-6,8-13,15-16H,1,3,7,14H2,(H,23,24,25)/b4-2-. The zero-order chi connectivity index (χ0) is 17.6. The molecule has 3 aromatic rings. The summed E-state index contributed by atoms with van der Waals surface area (Å²) in [7, 11) is 0. The molecule has 0 saturated heterocycles. The Morgan fingerprint density at radius 2 is 1.92 bits per heavy atom. The number of nitrogens with one attached hydrogen (secondary N) is 1. The highest BCUT2D eigenvalue weighted by Gasteiger charge is 2.05. The second kappa shape index (κ2) is 7.83. The minimum Gasteiger partial charge on any atom is -0.490 e. The molecule has 1 N–H and O–H groups in total. The van der Waals surface area contributed by atoms with E-state index in [0.29, 0.717) is 12.6 Å². The van der Waals surface area contributed by atoms with Gasteiger partial charge >= 0.3 is 0 Å². The lowest BCUT2D eigenvalue weighted by molar-refractivity contribution is 0.362. The molecule has 130 valence electrons. The number of allylic oxidation sites excluding steroid dienone is 1. The van der Waals surface area contributed by atoms with E-state index in [9.17, 15) is 0 Å². The van der Waals surface area contributed by atoms with Crippen LogP contribution >= 0.6 is 0 Å². The van der Waals surface area contributed by atoms with Gasteiger partial charge in [0, 0.05) is 17.4 Å². The smallest absolute Gasteiger partial charge is 0.227 e. The van der Waals surface area contributed by atoms with Gasteiger partial charge in [-0.15, -0.1) is 0 Å². The van der Waals surface area contributed by atoms with Crippen LogP contribution < -0.4 is 10.1 Å². The fraction of sp³-hybridized carbons (Fsp3) is 0.182. The van der Waals surface area contributed by atoms with Crippen LogP contribution in [0.15, 0.2) is 72.9 Å². The van der Waals surface area contributed by atoms with Gasteiger partial charge in [0.2, 0.25) is 5.95 Å². The molecule has 1 aromatic heterocycles. The molecule has 4 heteroatoms. The molecular formula is C22H21N3O. The fourth-order valence-electron chi connectivity index (χ4n) is 3.01. The Morgan fingerprint density at radius 1 is 0.962 bits per heavy atom. The van der Waals surface area contributed by atoms with Crippen LogP contribution in [-0.4, -0.2) is 16.6 Å². The molecule has 26 heavy (non-hydrogen) atoms. The first-order valence-corrected chi connectivity index (χ1v) is 8.94. The zero-order valence-electron chi connectivity index (χ0n) is 14.6. The molecule has 4 nitrogen and oxygen atoms in total. The molecule has 0 unspecified atom stereocenters. The number of rotatable bonds is 0. The highest BCUT2D eigenvalue weighted by molar-refractivity contribution is 5.63. The van der Waals surface area contributed by atoms with Crippen molar-refractivity contribution in [3.63, 3.8) is 0 Å². The van der Waals surface area contributed by atoms with Gasteiger partial charge < -0.3 is 10.1 Å². The Hall–Kier alpha value is -3.14. The molecule has 0 amide bonds. The van der Waals surface area contributed by atoms with Crippen molar-refractivity contribution >= 4 is 11.6 Å².